The van der Waals surface area contributed by atoms with Gasteiger partial charge in [-0.1, -0.05) is 17.7 Å². The maximum atomic E-state index is 8.86. The summed E-state index contributed by atoms with van der Waals surface area (Å²) in [6, 6.07) is 26.2. The Morgan fingerprint density at radius 1 is 0.895 bits per heavy atom. The van der Waals surface area contributed by atoms with Crippen LogP contribution in [0, 0.1) is 0 Å². The Morgan fingerprint density at radius 2 is 1.47 bits per heavy atom. The van der Waals surface area contributed by atoms with Gasteiger partial charge < -0.3 is 5.11 Å². The SMILES string of the molecule is OCc1ccc(-[c-]2cccc2)cc1.[Fe+2].c1cc[cH-]c1. The van der Waals surface area contributed by atoms with Crippen LogP contribution in [0.1, 0.15) is 5.56 Å². The van der Waals surface area contributed by atoms with Crippen molar-refractivity contribution in [2.24, 2.45) is 0 Å². The van der Waals surface area contributed by atoms with Crippen LogP contribution in [0.4, 0.5) is 0 Å². The van der Waals surface area contributed by atoms with E-state index in [0.717, 1.165) is 5.56 Å². The van der Waals surface area contributed by atoms with E-state index in [0.29, 0.717) is 0 Å². The Balaban J connectivity index is 0.000000256. The fraction of sp³-hybridized carbons (Fsp3) is 0.0588. The van der Waals surface area contributed by atoms with Gasteiger partial charge in [-0.2, -0.15) is 30.3 Å². The van der Waals surface area contributed by atoms with Gasteiger partial charge in [0.15, 0.2) is 0 Å². The minimum absolute atomic E-state index is 0. The van der Waals surface area contributed by atoms with Gasteiger partial charge in [-0.3, -0.25) is 0 Å². The van der Waals surface area contributed by atoms with E-state index in [2.05, 4.69) is 12.1 Å². The molecule has 2 heteroatoms. The third-order valence-electron chi connectivity index (χ3n) is 2.69. The monoisotopic (exact) mass is 292 g/mol. The summed E-state index contributed by atoms with van der Waals surface area (Å²) in [5, 5.41) is 8.86. The molecule has 0 unspecified atom stereocenters. The van der Waals surface area contributed by atoms with Crippen LogP contribution in [-0.2, 0) is 23.7 Å². The van der Waals surface area contributed by atoms with Gasteiger partial charge in [0.2, 0.25) is 0 Å². The molecule has 0 fully saturated rings. The zero-order valence-corrected chi connectivity index (χ0v) is 11.6. The van der Waals surface area contributed by atoms with Crippen LogP contribution in [0.5, 0.6) is 0 Å². The summed E-state index contributed by atoms with van der Waals surface area (Å²) in [6.07, 6.45) is 0. The molecule has 19 heavy (non-hydrogen) atoms. The van der Waals surface area contributed by atoms with E-state index in [1.54, 1.807) is 0 Å². The number of hydrogen-bond donors (Lipinski definition) is 1. The van der Waals surface area contributed by atoms with Crippen LogP contribution in [-0.4, -0.2) is 5.11 Å². The van der Waals surface area contributed by atoms with Crippen molar-refractivity contribution in [2.45, 2.75) is 6.61 Å². The van der Waals surface area contributed by atoms with E-state index in [4.69, 9.17) is 5.11 Å². The summed E-state index contributed by atoms with van der Waals surface area (Å²) in [6.45, 7) is 0.112. The average molecular weight is 292 g/mol. The van der Waals surface area contributed by atoms with Gasteiger partial charge in [-0.15, -0.1) is 29.8 Å². The second-order valence-corrected chi connectivity index (χ2v) is 3.99. The molecule has 0 aliphatic rings. The summed E-state index contributed by atoms with van der Waals surface area (Å²) in [4.78, 5) is 0. The summed E-state index contributed by atoms with van der Waals surface area (Å²) in [5.74, 6) is 0. The fourth-order valence-corrected chi connectivity index (χ4v) is 1.69. The summed E-state index contributed by atoms with van der Waals surface area (Å²) in [5.41, 5.74) is 3.38. The number of benzene rings is 1. The largest absolute Gasteiger partial charge is 2.00 e. The van der Waals surface area contributed by atoms with Crippen molar-refractivity contribution < 1.29 is 22.2 Å². The number of aliphatic hydroxyl groups is 1. The first-order valence-electron chi connectivity index (χ1n) is 5.99. The molecule has 3 rings (SSSR count). The van der Waals surface area contributed by atoms with Gasteiger partial charge >= 0.3 is 17.1 Å². The summed E-state index contributed by atoms with van der Waals surface area (Å²) < 4.78 is 0. The van der Waals surface area contributed by atoms with Gasteiger partial charge in [0.25, 0.3) is 0 Å². The van der Waals surface area contributed by atoms with E-state index < -0.39 is 0 Å². The quantitative estimate of drug-likeness (QED) is 0.560. The van der Waals surface area contributed by atoms with Crippen LogP contribution in [0.3, 0.4) is 0 Å². The number of rotatable bonds is 2. The normalized spacial score (nSPS) is 9.11. The van der Waals surface area contributed by atoms with Crippen molar-refractivity contribution in [3.8, 4) is 11.1 Å². The van der Waals surface area contributed by atoms with E-state index in [1.165, 1.54) is 11.1 Å². The van der Waals surface area contributed by atoms with Gasteiger partial charge in [0, 0.05) is 0 Å². The van der Waals surface area contributed by atoms with E-state index in [1.807, 2.05) is 66.7 Å². The molecule has 0 bridgehead atoms. The topological polar surface area (TPSA) is 20.2 Å². The predicted molar refractivity (Wildman–Crippen MR) is 75.4 cm³/mol. The van der Waals surface area contributed by atoms with Crippen molar-refractivity contribution in [3.63, 3.8) is 0 Å². The molecule has 3 aromatic carbocycles. The third-order valence-corrected chi connectivity index (χ3v) is 2.69. The molecule has 0 aliphatic carbocycles. The van der Waals surface area contributed by atoms with Gasteiger partial charge in [-0.05, 0) is 5.56 Å². The molecular formula is C17H16FeO. The molecule has 0 atom stereocenters. The van der Waals surface area contributed by atoms with Crippen LogP contribution in [0.2, 0.25) is 0 Å². The first kappa shape index (κ1) is 15.5. The molecule has 0 saturated carbocycles. The molecule has 0 heterocycles. The summed E-state index contributed by atoms with van der Waals surface area (Å²) >= 11 is 0. The molecule has 1 nitrogen and oxygen atoms in total. The second kappa shape index (κ2) is 8.49. The third kappa shape index (κ3) is 4.88. The Labute approximate surface area is 124 Å². The molecule has 1 N–H and O–H groups in total. The molecule has 3 aromatic rings. The van der Waals surface area contributed by atoms with Crippen molar-refractivity contribution in [1.82, 2.24) is 0 Å². The zero-order valence-electron chi connectivity index (χ0n) is 10.5. The average Bonchev–Trinajstić information content (AvgIpc) is 3.14. The van der Waals surface area contributed by atoms with Gasteiger partial charge in [0.05, 0.1) is 6.61 Å². The first-order valence-corrected chi connectivity index (χ1v) is 5.99. The van der Waals surface area contributed by atoms with Crippen LogP contribution in [0.15, 0.2) is 78.9 Å². The molecule has 0 saturated heterocycles. The van der Waals surface area contributed by atoms with E-state index >= 15 is 0 Å². The number of aliphatic hydroxyl groups excluding tert-OH is 1. The summed E-state index contributed by atoms with van der Waals surface area (Å²) in [7, 11) is 0. The van der Waals surface area contributed by atoms with Crippen molar-refractivity contribution in [1.29, 1.82) is 0 Å². The van der Waals surface area contributed by atoms with E-state index in [-0.39, 0.29) is 23.7 Å². The molecule has 98 valence electrons. The van der Waals surface area contributed by atoms with Crippen molar-refractivity contribution in [2.75, 3.05) is 0 Å². The maximum Gasteiger partial charge on any atom is 2.00 e. The van der Waals surface area contributed by atoms with Gasteiger partial charge in [0.1, 0.15) is 0 Å². The molecular weight excluding hydrogens is 276 g/mol. The zero-order chi connectivity index (χ0) is 12.6. The smallest absolute Gasteiger partial charge is 0.392 e. The van der Waals surface area contributed by atoms with E-state index in [9.17, 15) is 0 Å². The first-order chi connectivity index (χ1) is 8.90. The molecule has 0 amide bonds. The predicted octanol–water partition coefficient (Wildman–Crippen LogP) is 3.97. The minimum Gasteiger partial charge on any atom is -0.392 e. The maximum absolute atomic E-state index is 8.86. The van der Waals surface area contributed by atoms with Crippen LogP contribution in [0.25, 0.3) is 11.1 Å². The minimum atomic E-state index is 0. The van der Waals surface area contributed by atoms with Crippen LogP contribution >= 0.6 is 0 Å². The number of hydrogen-bond acceptors (Lipinski definition) is 1. The fourth-order valence-electron chi connectivity index (χ4n) is 1.69. The standard InChI is InChI=1S/C12H11O.C5H5.Fe/c13-9-10-5-7-12(8-6-10)11-3-1-2-4-11;1-2-4-5-3-1;/h1-8,13H,9H2;1-5H;/q2*-1;+2. The Bertz CT molecular complexity index is 504. The van der Waals surface area contributed by atoms with Gasteiger partial charge in [-0.25, -0.2) is 12.1 Å². The molecule has 0 aromatic heterocycles. The molecule has 0 spiro atoms. The van der Waals surface area contributed by atoms with Crippen molar-refractivity contribution in [3.05, 3.63) is 84.4 Å². The molecule has 0 radical (unpaired) electrons. The Morgan fingerprint density at radius 3 is 1.89 bits per heavy atom. The second-order valence-electron chi connectivity index (χ2n) is 3.99. The Hall–Kier alpha value is -1.60. The van der Waals surface area contributed by atoms with Crippen molar-refractivity contribution >= 4 is 0 Å². The van der Waals surface area contributed by atoms with Crippen LogP contribution < -0.4 is 0 Å². The molecule has 0 aliphatic heterocycles. The Kier molecular flexibility index (Phi) is 6.91.